The number of rotatable bonds is 1. The maximum absolute atomic E-state index is 11.3. The molecule has 0 aromatic rings. The Kier molecular flexibility index (Phi) is 3.30. The molecule has 0 bridgehead atoms. The summed E-state index contributed by atoms with van der Waals surface area (Å²) in [5.74, 6) is 0. The maximum Gasteiger partial charge on any atom is 0.195 e. The molecular weight excluding hydrogens is 145 g/mol. The largest absolute Gasteiger partial charge is 0.225 e. The summed E-state index contributed by atoms with van der Waals surface area (Å²) in [7, 11) is 0. The Balaban J connectivity index is 3.45. The van der Waals surface area contributed by atoms with E-state index in [1.165, 1.54) is 0 Å². The lowest BCUT2D eigenvalue weighted by molar-refractivity contribution is 0.504. The number of alkyl halides is 2. The van der Waals surface area contributed by atoms with Crippen molar-refractivity contribution in [2.75, 3.05) is 0 Å². The molecule has 0 fully saturated rings. The van der Waals surface area contributed by atoms with E-state index in [1.807, 2.05) is 0 Å². The number of halogens is 4. The molecule has 0 aromatic heterocycles. The van der Waals surface area contributed by atoms with Crippen LogP contribution in [0.15, 0.2) is 11.4 Å². The lowest BCUT2D eigenvalue weighted by Gasteiger charge is -1.82. The molecule has 0 saturated heterocycles. The Hall–Kier alpha value is 0.180. The highest BCUT2D eigenvalue weighted by Crippen LogP contribution is 2.07. The van der Waals surface area contributed by atoms with Gasteiger partial charge in [0.05, 0.1) is 0 Å². The summed E-state index contributed by atoms with van der Waals surface area (Å²) < 4.78 is 22.6. The zero-order valence-corrected chi connectivity index (χ0v) is 4.68. The number of hydrogen-bond donors (Lipinski definition) is 0. The van der Waals surface area contributed by atoms with Crippen LogP contribution in [0.1, 0.15) is 0 Å². The van der Waals surface area contributed by atoms with Crippen LogP contribution in [0, 0.1) is 0 Å². The Morgan fingerprint density at radius 3 is 2.14 bits per heavy atom. The molecule has 0 N–H and O–H groups in total. The fourth-order valence-electron chi connectivity index (χ4n) is 0.0952. The van der Waals surface area contributed by atoms with Crippen LogP contribution in [0.25, 0.3) is 0 Å². The molecule has 0 spiro atoms. The summed E-state index contributed by atoms with van der Waals surface area (Å²) in [6, 6.07) is 0. The predicted octanol–water partition coefficient (Wildman–Crippen LogP) is 2.57. The van der Waals surface area contributed by atoms with E-state index < -0.39 is 10.9 Å². The fraction of sp³-hybridized carbons (Fsp3) is 0.333. The van der Waals surface area contributed by atoms with E-state index in [-0.39, 0.29) is 0 Å². The SMILES string of the molecule is F/C(Cl)=C/C(F)Cl. The first kappa shape index (κ1) is 7.18. The lowest BCUT2D eigenvalue weighted by Crippen LogP contribution is -1.76. The van der Waals surface area contributed by atoms with Crippen LogP contribution in [-0.4, -0.2) is 5.63 Å². The third-order valence-corrected chi connectivity index (χ3v) is 0.504. The molecule has 0 aromatic carbocycles. The summed E-state index contributed by atoms with van der Waals surface area (Å²) in [5, 5.41) is -1.12. The minimum Gasteiger partial charge on any atom is -0.225 e. The fourth-order valence-corrected chi connectivity index (χ4v) is 0.381. The summed E-state index contributed by atoms with van der Waals surface area (Å²) in [5.41, 5.74) is -1.82. The van der Waals surface area contributed by atoms with Gasteiger partial charge in [0, 0.05) is 6.08 Å². The Labute approximate surface area is 49.7 Å². The monoisotopic (exact) mass is 146 g/mol. The van der Waals surface area contributed by atoms with Crippen molar-refractivity contribution in [2.45, 2.75) is 5.63 Å². The predicted molar refractivity (Wildman–Crippen MR) is 25.8 cm³/mol. The van der Waals surface area contributed by atoms with Crippen LogP contribution >= 0.6 is 23.2 Å². The Bertz CT molecular complexity index is 75.0. The van der Waals surface area contributed by atoms with E-state index >= 15 is 0 Å². The molecule has 0 amide bonds. The molecule has 0 rings (SSSR count). The third-order valence-electron chi connectivity index (χ3n) is 0.252. The molecule has 1 atom stereocenters. The van der Waals surface area contributed by atoms with Crippen molar-refractivity contribution in [2.24, 2.45) is 0 Å². The summed E-state index contributed by atoms with van der Waals surface area (Å²) in [6.07, 6.45) is 0.448. The van der Waals surface area contributed by atoms with E-state index in [0.717, 1.165) is 0 Å². The van der Waals surface area contributed by atoms with Crippen LogP contribution in [0.4, 0.5) is 8.78 Å². The molecule has 4 heteroatoms. The number of allylic oxidation sites excluding steroid dienone is 1. The molecule has 0 heterocycles. The van der Waals surface area contributed by atoms with Crippen molar-refractivity contribution >= 4 is 23.2 Å². The highest BCUT2D eigenvalue weighted by molar-refractivity contribution is 6.29. The van der Waals surface area contributed by atoms with Crippen molar-refractivity contribution in [3.63, 3.8) is 0 Å². The second-order valence-electron chi connectivity index (χ2n) is 0.791. The second-order valence-corrected chi connectivity index (χ2v) is 1.57. The van der Waals surface area contributed by atoms with Crippen LogP contribution in [-0.2, 0) is 0 Å². The molecule has 0 radical (unpaired) electrons. The van der Waals surface area contributed by atoms with E-state index in [2.05, 4.69) is 23.2 Å². The van der Waals surface area contributed by atoms with Gasteiger partial charge in [-0.3, -0.25) is 0 Å². The van der Waals surface area contributed by atoms with Gasteiger partial charge in [0.15, 0.2) is 10.9 Å². The average Bonchev–Trinajstić information content (AvgIpc) is 1.27. The minimum atomic E-state index is -1.82. The average molecular weight is 147 g/mol. The molecule has 0 aliphatic heterocycles. The molecule has 1 unspecified atom stereocenters. The topological polar surface area (TPSA) is 0 Å². The van der Waals surface area contributed by atoms with E-state index in [4.69, 9.17) is 0 Å². The molecule has 0 saturated carbocycles. The van der Waals surface area contributed by atoms with Gasteiger partial charge in [-0.05, 0) is 0 Å². The van der Waals surface area contributed by atoms with Crippen LogP contribution in [0.2, 0.25) is 0 Å². The van der Waals surface area contributed by atoms with Crippen molar-refractivity contribution in [3.05, 3.63) is 11.4 Å². The van der Waals surface area contributed by atoms with Crippen LogP contribution in [0.5, 0.6) is 0 Å². The maximum atomic E-state index is 11.3. The molecule has 0 aliphatic rings. The highest BCUT2D eigenvalue weighted by atomic mass is 35.5. The summed E-state index contributed by atoms with van der Waals surface area (Å²) >= 11 is 9.15. The molecular formula is C3H2Cl2F2. The van der Waals surface area contributed by atoms with Gasteiger partial charge in [-0.2, -0.15) is 4.39 Å². The second kappa shape index (κ2) is 3.22. The first-order valence-electron chi connectivity index (χ1n) is 1.44. The minimum absolute atomic E-state index is 0.448. The Morgan fingerprint density at radius 2 is 2.14 bits per heavy atom. The summed E-state index contributed by atoms with van der Waals surface area (Å²) in [6.45, 7) is 0. The normalized spacial score (nSPS) is 16.9. The third kappa shape index (κ3) is 6.18. The van der Waals surface area contributed by atoms with Gasteiger partial charge < -0.3 is 0 Å². The smallest absolute Gasteiger partial charge is 0.195 e. The van der Waals surface area contributed by atoms with Gasteiger partial charge in [0.1, 0.15) is 0 Å². The Morgan fingerprint density at radius 1 is 1.71 bits per heavy atom. The van der Waals surface area contributed by atoms with E-state index in [9.17, 15) is 8.78 Å². The zero-order chi connectivity index (χ0) is 5.86. The van der Waals surface area contributed by atoms with E-state index in [0.29, 0.717) is 6.08 Å². The van der Waals surface area contributed by atoms with Crippen molar-refractivity contribution in [1.29, 1.82) is 0 Å². The zero-order valence-electron chi connectivity index (χ0n) is 3.17. The van der Waals surface area contributed by atoms with Gasteiger partial charge in [-0.1, -0.05) is 23.2 Å². The highest BCUT2D eigenvalue weighted by Gasteiger charge is 1.94. The van der Waals surface area contributed by atoms with Gasteiger partial charge in [0.25, 0.3) is 0 Å². The van der Waals surface area contributed by atoms with Crippen LogP contribution < -0.4 is 0 Å². The standard InChI is InChI=1S/C3H2Cl2F2/c4-2(6)1-3(5)7/h1-2H/b3-1+. The van der Waals surface area contributed by atoms with Gasteiger partial charge in [0.2, 0.25) is 0 Å². The van der Waals surface area contributed by atoms with Gasteiger partial charge in [-0.25, -0.2) is 4.39 Å². The van der Waals surface area contributed by atoms with Gasteiger partial charge >= 0.3 is 0 Å². The first-order valence-corrected chi connectivity index (χ1v) is 2.25. The van der Waals surface area contributed by atoms with Crippen molar-refractivity contribution in [3.8, 4) is 0 Å². The lowest BCUT2D eigenvalue weighted by atomic mass is 10.7. The first-order chi connectivity index (χ1) is 3.13. The molecule has 42 valence electrons. The van der Waals surface area contributed by atoms with Crippen LogP contribution in [0.3, 0.4) is 0 Å². The number of hydrogen-bond acceptors (Lipinski definition) is 0. The summed E-state index contributed by atoms with van der Waals surface area (Å²) in [4.78, 5) is 0. The molecule has 0 nitrogen and oxygen atoms in total. The molecule has 7 heavy (non-hydrogen) atoms. The van der Waals surface area contributed by atoms with Crippen molar-refractivity contribution in [1.82, 2.24) is 0 Å². The molecule has 0 aliphatic carbocycles. The van der Waals surface area contributed by atoms with Crippen molar-refractivity contribution < 1.29 is 8.78 Å². The van der Waals surface area contributed by atoms with E-state index in [1.54, 1.807) is 0 Å². The quantitative estimate of drug-likeness (QED) is 0.500. The van der Waals surface area contributed by atoms with Gasteiger partial charge in [-0.15, -0.1) is 0 Å².